The lowest BCUT2D eigenvalue weighted by Crippen LogP contribution is -2.09. The van der Waals surface area contributed by atoms with Crippen LogP contribution in [-0.4, -0.2) is 22.9 Å². The summed E-state index contributed by atoms with van der Waals surface area (Å²) >= 11 is 2.17. The van der Waals surface area contributed by atoms with Gasteiger partial charge in [0.05, 0.1) is 28.1 Å². The highest BCUT2D eigenvalue weighted by molar-refractivity contribution is 14.1. The van der Waals surface area contributed by atoms with Crippen LogP contribution in [0, 0.1) is 10.5 Å². The summed E-state index contributed by atoms with van der Waals surface area (Å²) in [4.78, 5) is 11.6. The van der Waals surface area contributed by atoms with Gasteiger partial charge in [0.25, 0.3) is 0 Å². The number of nitrogens with two attached hydrogens (primary N) is 1. The molecule has 2 aromatic rings. The Kier molecular flexibility index (Phi) is 3.55. The Labute approximate surface area is 118 Å². The van der Waals surface area contributed by atoms with Crippen molar-refractivity contribution in [2.75, 3.05) is 12.8 Å². The second kappa shape index (κ2) is 4.97. The molecule has 1 aromatic carbocycles. The van der Waals surface area contributed by atoms with Gasteiger partial charge in [-0.15, -0.1) is 0 Å². The molecule has 0 amide bonds. The van der Waals surface area contributed by atoms with E-state index in [1.165, 1.54) is 7.11 Å². The van der Waals surface area contributed by atoms with Gasteiger partial charge >= 0.3 is 5.97 Å². The first-order valence-corrected chi connectivity index (χ1v) is 6.29. The van der Waals surface area contributed by atoms with Crippen molar-refractivity contribution in [2.24, 2.45) is 0 Å². The van der Waals surface area contributed by atoms with Crippen LogP contribution in [0.3, 0.4) is 0 Å². The predicted octanol–water partition coefficient (Wildman–Crippen LogP) is 2.15. The molecule has 0 bridgehead atoms. The van der Waals surface area contributed by atoms with Crippen LogP contribution in [-0.2, 0) is 4.74 Å². The zero-order chi connectivity index (χ0) is 13.3. The number of aromatic nitrogens is 2. The number of nitrogen functional groups attached to an aromatic ring is 1. The van der Waals surface area contributed by atoms with Crippen molar-refractivity contribution < 1.29 is 9.53 Å². The number of carbonyl (C=O) groups excluding carboxylic acids is 1. The molecular weight excluding hydrogens is 345 g/mol. The number of hydrogen-bond acceptors (Lipinski definition) is 4. The highest BCUT2D eigenvalue weighted by Crippen LogP contribution is 2.23. The third-order valence-electron chi connectivity index (χ3n) is 2.59. The average Bonchev–Trinajstić information content (AvgIpc) is 2.78. The molecule has 18 heavy (non-hydrogen) atoms. The van der Waals surface area contributed by atoms with Crippen LogP contribution in [0.25, 0.3) is 5.69 Å². The van der Waals surface area contributed by atoms with Crippen molar-refractivity contribution >= 4 is 34.2 Å². The summed E-state index contributed by atoms with van der Waals surface area (Å²) in [5.74, 6) is -0.445. The van der Waals surface area contributed by atoms with E-state index in [2.05, 4.69) is 27.7 Å². The first-order chi connectivity index (χ1) is 8.52. The highest BCUT2D eigenvalue weighted by Gasteiger charge is 2.14. The van der Waals surface area contributed by atoms with Gasteiger partial charge in [-0.25, -0.2) is 9.48 Å². The van der Waals surface area contributed by atoms with Crippen LogP contribution in [0.1, 0.15) is 15.9 Å². The van der Waals surface area contributed by atoms with Crippen LogP contribution in [0.4, 0.5) is 5.69 Å². The van der Waals surface area contributed by atoms with Gasteiger partial charge in [-0.2, -0.15) is 5.10 Å². The molecular formula is C12H12IN3O2. The Balaban J connectivity index is 2.57. The number of hydrogen-bond donors (Lipinski definition) is 1. The van der Waals surface area contributed by atoms with Crippen molar-refractivity contribution in [3.05, 3.63) is 39.2 Å². The number of nitrogens with zero attached hydrogens (tertiary/aromatic N) is 2. The fourth-order valence-electron chi connectivity index (χ4n) is 1.63. The van der Waals surface area contributed by atoms with Gasteiger partial charge in [0.15, 0.2) is 0 Å². The Morgan fingerprint density at radius 1 is 1.50 bits per heavy atom. The number of halogens is 1. The standard InChI is InChI=1S/C12H12IN3O2/c1-7-3-9(16-6-8(13)5-15-16)4-10(11(7)14)12(17)18-2/h3-6H,14H2,1-2H3. The number of esters is 1. The molecule has 2 rings (SSSR count). The predicted molar refractivity (Wildman–Crippen MR) is 76.8 cm³/mol. The van der Waals surface area contributed by atoms with E-state index in [1.54, 1.807) is 16.9 Å². The SMILES string of the molecule is COC(=O)c1cc(-n2cc(I)cn2)cc(C)c1N. The molecule has 94 valence electrons. The molecule has 1 aromatic heterocycles. The van der Waals surface area contributed by atoms with Crippen LogP contribution in [0.5, 0.6) is 0 Å². The first-order valence-electron chi connectivity index (χ1n) is 5.22. The van der Waals surface area contributed by atoms with E-state index in [-0.39, 0.29) is 0 Å². The molecule has 0 spiro atoms. The first kappa shape index (κ1) is 12.9. The summed E-state index contributed by atoms with van der Waals surface area (Å²) in [5, 5.41) is 4.20. The number of anilines is 1. The number of rotatable bonds is 2. The summed E-state index contributed by atoms with van der Waals surface area (Å²) in [6, 6.07) is 3.56. The van der Waals surface area contributed by atoms with Gasteiger partial charge in [0, 0.05) is 11.9 Å². The minimum absolute atomic E-state index is 0.359. The minimum atomic E-state index is -0.445. The lowest BCUT2D eigenvalue weighted by molar-refractivity contribution is 0.0602. The van der Waals surface area contributed by atoms with E-state index in [0.717, 1.165) is 14.8 Å². The quantitative estimate of drug-likeness (QED) is 0.508. The lowest BCUT2D eigenvalue weighted by atomic mass is 10.1. The maximum Gasteiger partial charge on any atom is 0.340 e. The van der Waals surface area contributed by atoms with Gasteiger partial charge in [-0.3, -0.25) is 0 Å². The summed E-state index contributed by atoms with van der Waals surface area (Å²) < 4.78 is 7.43. The second-order valence-corrected chi connectivity index (χ2v) is 5.06. The van der Waals surface area contributed by atoms with E-state index in [9.17, 15) is 4.79 Å². The molecule has 0 aliphatic heterocycles. The molecule has 1 heterocycles. The Bertz CT molecular complexity index is 607. The number of carbonyl (C=O) groups is 1. The van der Waals surface area contributed by atoms with Crippen molar-refractivity contribution in [1.82, 2.24) is 9.78 Å². The zero-order valence-electron chi connectivity index (χ0n) is 9.98. The number of benzene rings is 1. The molecule has 0 aliphatic rings. The molecule has 6 heteroatoms. The third kappa shape index (κ3) is 2.33. The Morgan fingerprint density at radius 3 is 2.78 bits per heavy atom. The van der Waals surface area contributed by atoms with E-state index in [1.807, 2.05) is 19.2 Å². The van der Waals surface area contributed by atoms with Crippen molar-refractivity contribution in [3.63, 3.8) is 0 Å². The summed E-state index contributed by atoms with van der Waals surface area (Å²) in [6.07, 6.45) is 3.61. The number of methoxy groups -OCH3 is 1. The molecule has 0 saturated carbocycles. The van der Waals surface area contributed by atoms with Crippen LogP contribution >= 0.6 is 22.6 Å². The van der Waals surface area contributed by atoms with Crippen LogP contribution in [0.2, 0.25) is 0 Å². The average molecular weight is 357 g/mol. The molecule has 2 N–H and O–H groups in total. The number of aryl methyl sites for hydroxylation is 1. The van der Waals surface area contributed by atoms with Gasteiger partial charge in [-0.1, -0.05) is 0 Å². The number of ether oxygens (including phenoxy) is 1. The Morgan fingerprint density at radius 2 is 2.22 bits per heavy atom. The van der Waals surface area contributed by atoms with Crippen LogP contribution < -0.4 is 5.73 Å². The highest BCUT2D eigenvalue weighted by atomic mass is 127. The summed E-state index contributed by atoms with van der Waals surface area (Å²) in [5.41, 5.74) is 8.28. The lowest BCUT2D eigenvalue weighted by Gasteiger charge is -2.10. The Hall–Kier alpha value is -1.57. The van der Waals surface area contributed by atoms with Crippen molar-refractivity contribution in [1.29, 1.82) is 0 Å². The molecule has 0 atom stereocenters. The zero-order valence-corrected chi connectivity index (χ0v) is 12.1. The second-order valence-electron chi connectivity index (χ2n) is 3.82. The van der Waals surface area contributed by atoms with Gasteiger partial charge < -0.3 is 10.5 Å². The third-order valence-corrected chi connectivity index (χ3v) is 3.15. The van der Waals surface area contributed by atoms with Crippen molar-refractivity contribution in [3.8, 4) is 5.69 Å². The summed E-state index contributed by atoms with van der Waals surface area (Å²) in [6.45, 7) is 1.85. The molecule has 0 fully saturated rings. The van der Waals surface area contributed by atoms with E-state index in [4.69, 9.17) is 10.5 Å². The maximum absolute atomic E-state index is 11.6. The molecule has 0 aliphatic carbocycles. The largest absolute Gasteiger partial charge is 0.465 e. The van der Waals surface area contributed by atoms with Gasteiger partial charge in [-0.05, 0) is 47.2 Å². The maximum atomic E-state index is 11.6. The molecule has 0 radical (unpaired) electrons. The normalized spacial score (nSPS) is 10.4. The van der Waals surface area contributed by atoms with E-state index >= 15 is 0 Å². The van der Waals surface area contributed by atoms with E-state index in [0.29, 0.717) is 11.3 Å². The van der Waals surface area contributed by atoms with E-state index < -0.39 is 5.97 Å². The minimum Gasteiger partial charge on any atom is -0.465 e. The monoisotopic (exact) mass is 357 g/mol. The fraction of sp³-hybridized carbons (Fsp3) is 0.167. The smallest absolute Gasteiger partial charge is 0.340 e. The van der Waals surface area contributed by atoms with Gasteiger partial charge in [0.1, 0.15) is 0 Å². The fourth-order valence-corrected chi connectivity index (χ4v) is 2.02. The topological polar surface area (TPSA) is 70.1 Å². The van der Waals surface area contributed by atoms with Crippen LogP contribution in [0.15, 0.2) is 24.5 Å². The van der Waals surface area contributed by atoms with Gasteiger partial charge in [0.2, 0.25) is 0 Å². The molecule has 0 unspecified atom stereocenters. The molecule has 5 nitrogen and oxygen atoms in total. The summed E-state index contributed by atoms with van der Waals surface area (Å²) in [7, 11) is 1.33. The van der Waals surface area contributed by atoms with Crippen molar-refractivity contribution in [2.45, 2.75) is 6.92 Å². The molecule has 0 saturated heterocycles.